The molecule has 0 aromatic heterocycles. The molecule has 0 bridgehead atoms. The summed E-state index contributed by atoms with van der Waals surface area (Å²) < 4.78 is 4.82. The number of nitrogens with one attached hydrogen (secondary N) is 1. The van der Waals surface area contributed by atoms with Crippen LogP contribution < -0.4 is 10.2 Å². The number of aryl methyl sites for hydroxylation is 1. The summed E-state index contributed by atoms with van der Waals surface area (Å²) in [5.74, 6) is -1.21. The van der Waals surface area contributed by atoms with Crippen molar-refractivity contribution in [2.24, 2.45) is 0 Å². The maximum atomic E-state index is 12.1. The second-order valence-corrected chi connectivity index (χ2v) is 5.22. The summed E-state index contributed by atoms with van der Waals surface area (Å²) in [7, 11) is 0. The van der Waals surface area contributed by atoms with Crippen LogP contribution >= 0.6 is 0 Å². The largest absolute Gasteiger partial charge is 0.480 e. The number of carbonyl (C=O) groups excluding carboxylic acids is 2. The molecule has 1 aromatic carbocycles. The van der Waals surface area contributed by atoms with Gasteiger partial charge in [0.25, 0.3) is 0 Å². The fraction of sp³-hybridized carbons (Fsp3) is 0.438. The van der Waals surface area contributed by atoms with Gasteiger partial charge in [-0.2, -0.15) is 0 Å². The van der Waals surface area contributed by atoms with Gasteiger partial charge in [-0.05, 0) is 18.1 Å². The van der Waals surface area contributed by atoms with Gasteiger partial charge in [0.15, 0.2) is 0 Å². The molecule has 2 N–H and O–H groups in total. The summed E-state index contributed by atoms with van der Waals surface area (Å²) in [5.41, 5.74) is 2.00. The van der Waals surface area contributed by atoms with Crippen molar-refractivity contribution in [2.75, 3.05) is 31.2 Å². The molecule has 0 unspecified atom stereocenters. The van der Waals surface area contributed by atoms with Crippen molar-refractivity contribution in [1.29, 1.82) is 0 Å². The topological polar surface area (TPSA) is 95.9 Å². The van der Waals surface area contributed by atoms with E-state index in [2.05, 4.69) is 5.32 Å². The van der Waals surface area contributed by atoms with Crippen LogP contribution in [0.4, 0.5) is 5.69 Å². The molecule has 124 valence electrons. The Morgan fingerprint density at radius 2 is 2.04 bits per heavy atom. The minimum Gasteiger partial charge on any atom is -0.480 e. The molecule has 0 saturated carbocycles. The highest BCUT2D eigenvalue weighted by Crippen LogP contribution is 2.27. The van der Waals surface area contributed by atoms with Crippen molar-refractivity contribution in [3.8, 4) is 0 Å². The highest BCUT2D eigenvalue weighted by molar-refractivity contribution is 5.96. The van der Waals surface area contributed by atoms with Gasteiger partial charge in [0, 0.05) is 31.6 Å². The predicted molar refractivity (Wildman–Crippen MR) is 83.2 cm³/mol. The maximum absolute atomic E-state index is 12.1. The third-order valence-electron chi connectivity index (χ3n) is 3.55. The Morgan fingerprint density at radius 3 is 2.83 bits per heavy atom. The van der Waals surface area contributed by atoms with Crippen LogP contribution in [0, 0.1) is 0 Å². The number of carboxylic acids is 1. The van der Waals surface area contributed by atoms with Crippen LogP contribution in [0.1, 0.15) is 18.4 Å². The van der Waals surface area contributed by atoms with Crippen LogP contribution in [0.3, 0.4) is 0 Å². The van der Waals surface area contributed by atoms with E-state index < -0.39 is 5.97 Å². The van der Waals surface area contributed by atoms with Gasteiger partial charge in [0.05, 0.1) is 6.61 Å². The minimum atomic E-state index is -1.04. The first-order valence-electron chi connectivity index (χ1n) is 7.52. The Labute approximate surface area is 134 Å². The molecular formula is C16H20N2O5. The Hall–Kier alpha value is -2.41. The van der Waals surface area contributed by atoms with Crippen LogP contribution in [0.25, 0.3) is 0 Å². The summed E-state index contributed by atoms with van der Waals surface area (Å²) in [6.45, 7) is 0.340. The molecule has 0 aliphatic carbocycles. The molecular weight excluding hydrogens is 300 g/mol. The van der Waals surface area contributed by atoms with E-state index >= 15 is 0 Å². The standard InChI is InChI=1S/C16H20N2O5/c19-14(17-8-10-23-11-16(21)22)7-9-18-13-4-2-1-3-12(13)5-6-15(18)20/h1-4H,5-11H2,(H,17,19)(H,21,22). The summed E-state index contributed by atoms with van der Waals surface area (Å²) in [5, 5.41) is 11.0. The number of carboxylic acid groups (broad SMARTS) is 1. The molecule has 7 nitrogen and oxygen atoms in total. The number of rotatable bonds is 8. The van der Waals surface area contributed by atoms with Crippen molar-refractivity contribution >= 4 is 23.5 Å². The number of carbonyl (C=O) groups is 3. The normalized spacial score (nSPS) is 13.6. The lowest BCUT2D eigenvalue weighted by Crippen LogP contribution is -2.38. The van der Waals surface area contributed by atoms with E-state index in [0.29, 0.717) is 13.0 Å². The van der Waals surface area contributed by atoms with Gasteiger partial charge < -0.3 is 20.1 Å². The average Bonchev–Trinajstić information content (AvgIpc) is 2.53. The third kappa shape index (κ3) is 5.07. The molecule has 0 radical (unpaired) electrons. The number of hydrogen-bond donors (Lipinski definition) is 2. The molecule has 0 fully saturated rings. The van der Waals surface area contributed by atoms with Crippen molar-refractivity contribution in [1.82, 2.24) is 5.32 Å². The van der Waals surface area contributed by atoms with Crippen molar-refractivity contribution in [3.63, 3.8) is 0 Å². The highest BCUT2D eigenvalue weighted by Gasteiger charge is 2.23. The van der Waals surface area contributed by atoms with Gasteiger partial charge in [-0.15, -0.1) is 0 Å². The Bertz CT molecular complexity index is 588. The minimum absolute atomic E-state index is 0.0290. The van der Waals surface area contributed by atoms with Crippen LogP contribution in [0.5, 0.6) is 0 Å². The zero-order valence-electron chi connectivity index (χ0n) is 12.8. The first kappa shape index (κ1) is 17.0. The molecule has 0 spiro atoms. The number of ether oxygens (including phenoxy) is 1. The van der Waals surface area contributed by atoms with E-state index in [1.165, 1.54) is 0 Å². The van der Waals surface area contributed by atoms with E-state index in [0.717, 1.165) is 17.7 Å². The molecule has 0 atom stereocenters. The molecule has 23 heavy (non-hydrogen) atoms. The van der Waals surface area contributed by atoms with Gasteiger partial charge in [-0.25, -0.2) is 4.79 Å². The van der Waals surface area contributed by atoms with Gasteiger partial charge >= 0.3 is 5.97 Å². The molecule has 1 aliphatic rings. The number of benzene rings is 1. The number of nitrogens with zero attached hydrogens (tertiary/aromatic N) is 1. The Kier molecular flexibility index (Phi) is 6.10. The summed E-state index contributed by atoms with van der Waals surface area (Å²) in [6.07, 6.45) is 1.39. The lowest BCUT2D eigenvalue weighted by Gasteiger charge is -2.29. The lowest BCUT2D eigenvalue weighted by molar-refractivity contribution is -0.142. The molecule has 1 heterocycles. The summed E-state index contributed by atoms with van der Waals surface area (Å²) in [4.78, 5) is 35.7. The number of para-hydroxylation sites is 1. The number of hydrogen-bond acceptors (Lipinski definition) is 4. The van der Waals surface area contributed by atoms with E-state index in [1.54, 1.807) is 4.90 Å². The zero-order chi connectivity index (χ0) is 16.7. The molecule has 2 amide bonds. The Morgan fingerprint density at radius 1 is 1.26 bits per heavy atom. The molecule has 7 heteroatoms. The summed E-state index contributed by atoms with van der Waals surface area (Å²) >= 11 is 0. The average molecular weight is 320 g/mol. The monoisotopic (exact) mass is 320 g/mol. The Balaban J connectivity index is 1.76. The second kappa shape index (κ2) is 8.28. The van der Waals surface area contributed by atoms with Gasteiger partial charge in [-0.3, -0.25) is 9.59 Å². The SMILES string of the molecule is O=C(O)COCCNC(=O)CCN1C(=O)CCc2ccccc21. The molecule has 1 aromatic rings. The number of anilines is 1. The van der Waals surface area contributed by atoms with E-state index in [9.17, 15) is 14.4 Å². The fourth-order valence-electron chi connectivity index (χ4n) is 2.47. The van der Waals surface area contributed by atoms with Crippen LogP contribution in [-0.4, -0.2) is 49.2 Å². The smallest absolute Gasteiger partial charge is 0.329 e. The number of aliphatic carboxylic acids is 1. The van der Waals surface area contributed by atoms with Crippen molar-refractivity contribution < 1.29 is 24.2 Å². The quantitative estimate of drug-likeness (QED) is 0.683. The molecule has 0 saturated heterocycles. The zero-order valence-corrected chi connectivity index (χ0v) is 12.8. The van der Waals surface area contributed by atoms with E-state index in [-0.39, 0.29) is 38.0 Å². The van der Waals surface area contributed by atoms with Crippen LogP contribution in [0.15, 0.2) is 24.3 Å². The van der Waals surface area contributed by atoms with Crippen LogP contribution in [0.2, 0.25) is 0 Å². The molecule has 1 aliphatic heterocycles. The first-order chi connectivity index (χ1) is 11.1. The number of amides is 2. The fourth-order valence-corrected chi connectivity index (χ4v) is 2.47. The van der Waals surface area contributed by atoms with Gasteiger partial charge in [0.1, 0.15) is 6.61 Å². The van der Waals surface area contributed by atoms with Crippen molar-refractivity contribution in [2.45, 2.75) is 19.3 Å². The highest BCUT2D eigenvalue weighted by atomic mass is 16.5. The maximum Gasteiger partial charge on any atom is 0.329 e. The van der Waals surface area contributed by atoms with Gasteiger partial charge in [0.2, 0.25) is 11.8 Å². The second-order valence-electron chi connectivity index (χ2n) is 5.22. The lowest BCUT2D eigenvalue weighted by atomic mass is 10.0. The predicted octanol–water partition coefficient (Wildman–Crippen LogP) is 0.573. The van der Waals surface area contributed by atoms with E-state index in [4.69, 9.17) is 9.84 Å². The van der Waals surface area contributed by atoms with Gasteiger partial charge in [-0.1, -0.05) is 18.2 Å². The number of fused-ring (bicyclic) bond motifs is 1. The molecule has 2 rings (SSSR count). The summed E-state index contributed by atoms with van der Waals surface area (Å²) in [6, 6.07) is 7.71. The van der Waals surface area contributed by atoms with Crippen molar-refractivity contribution in [3.05, 3.63) is 29.8 Å². The van der Waals surface area contributed by atoms with Crippen LogP contribution in [-0.2, 0) is 25.5 Å². The first-order valence-corrected chi connectivity index (χ1v) is 7.52. The third-order valence-corrected chi connectivity index (χ3v) is 3.55. The van der Waals surface area contributed by atoms with E-state index in [1.807, 2.05) is 24.3 Å².